The minimum Gasteiger partial charge on any atom is -0.493 e. The smallest absolute Gasteiger partial charge is 0.416 e. The Morgan fingerprint density at radius 2 is 1.48 bits per heavy atom. The molecule has 2 rings (SSSR count). The van der Waals surface area contributed by atoms with Crippen molar-refractivity contribution in [2.45, 2.75) is 39.3 Å². The first-order chi connectivity index (χ1) is 14.7. The van der Waals surface area contributed by atoms with Crippen molar-refractivity contribution in [2.75, 3.05) is 19.8 Å². The van der Waals surface area contributed by atoms with E-state index in [0.717, 1.165) is 41.9 Å². The third-order valence-electron chi connectivity index (χ3n) is 4.45. The zero-order valence-electron chi connectivity index (χ0n) is 17.4. The number of hydrogen-bond acceptors (Lipinski definition) is 3. The Hall–Kier alpha value is -2.22. The van der Waals surface area contributed by atoms with Crippen molar-refractivity contribution in [2.24, 2.45) is 0 Å². The lowest BCUT2D eigenvalue weighted by Crippen LogP contribution is -2.08. The van der Waals surface area contributed by atoms with Gasteiger partial charge in [-0.15, -0.1) is 0 Å². The molecule has 2 aromatic carbocycles. The third-order valence-corrected chi connectivity index (χ3v) is 4.77. The molecule has 0 bridgehead atoms. The Balaban J connectivity index is 1.90. The van der Waals surface area contributed by atoms with Gasteiger partial charge in [-0.2, -0.15) is 17.6 Å². The highest BCUT2D eigenvalue weighted by Gasteiger charge is 2.30. The second-order valence-electron chi connectivity index (χ2n) is 6.66. The SMILES string of the molecule is CCc1cc(OCC=C(F)Br)cc(CC)c1OCCCOc1ccc(C(F)(F)F)cc1. The van der Waals surface area contributed by atoms with E-state index in [-0.39, 0.29) is 6.61 Å². The average molecular weight is 505 g/mol. The van der Waals surface area contributed by atoms with Crippen LogP contribution in [0, 0.1) is 0 Å². The quantitative estimate of drug-likeness (QED) is 0.238. The summed E-state index contributed by atoms with van der Waals surface area (Å²) in [6.45, 7) is 4.86. The van der Waals surface area contributed by atoms with Crippen LogP contribution in [0.15, 0.2) is 47.2 Å². The van der Waals surface area contributed by atoms with Crippen LogP contribution in [0.25, 0.3) is 0 Å². The van der Waals surface area contributed by atoms with Crippen molar-refractivity contribution >= 4 is 15.9 Å². The van der Waals surface area contributed by atoms with Crippen LogP contribution in [0.1, 0.15) is 37.0 Å². The largest absolute Gasteiger partial charge is 0.493 e. The highest BCUT2D eigenvalue weighted by Crippen LogP contribution is 2.32. The maximum atomic E-state index is 12.8. The molecule has 0 saturated heterocycles. The number of rotatable bonds is 11. The van der Waals surface area contributed by atoms with Gasteiger partial charge in [0.25, 0.3) is 0 Å². The highest BCUT2D eigenvalue weighted by molar-refractivity contribution is 9.11. The first-order valence-corrected chi connectivity index (χ1v) is 10.8. The van der Waals surface area contributed by atoms with Crippen LogP contribution in [0.3, 0.4) is 0 Å². The summed E-state index contributed by atoms with van der Waals surface area (Å²) < 4.78 is 67.1. The molecule has 0 heterocycles. The third kappa shape index (κ3) is 8.09. The minimum absolute atomic E-state index is 0.116. The topological polar surface area (TPSA) is 27.7 Å². The van der Waals surface area contributed by atoms with Gasteiger partial charge in [-0.1, -0.05) is 13.8 Å². The second-order valence-corrected chi connectivity index (χ2v) is 7.41. The van der Waals surface area contributed by atoms with Crippen molar-refractivity contribution in [3.63, 3.8) is 0 Å². The number of ether oxygens (including phenoxy) is 3. The molecule has 3 nitrogen and oxygen atoms in total. The molecule has 0 N–H and O–H groups in total. The average Bonchev–Trinajstić information content (AvgIpc) is 2.73. The molecule has 0 saturated carbocycles. The van der Waals surface area contributed by atoms with E-state index in [9.17, 15) is 17.6 Å². The monoisotopic (exact) mass is 504 g/mol. The zero-order chi connectivity index (χ0) is 22.9. The molecule has 0 aliphatic carbocycles. The lowest BCUT2D eigenvalue weighted by atomic mass is 10.0. The minimum atomic E-state index is -4.36. The molecule has 0 aliphatic heterocycles. The summed E-state index contributed by atoms with van der Waals surface area (Å²) in [6, 6.07) is 8.38. The van der Waals surface area contributed by atoms with Crippen molar-refractivity contribution < 1.29 is 31.8 Å². The molecular weight excluding hydrogens is 480 g/mol. The summed E-state index contributed by atoms with van der Waals surface area (Å²) in [7, 11) is 0. The van der Waals surface area contributed by atoms with E-state index >= 15 is 0 Å². The van der Waals surface area contributed by atoms with Gasteiger partial charge in [0.05, 0.1) is 18.8 Å². The molecule has 0 aromatic heterocycles. The van der Waals surface area contributed by atoms with Crippen molar-refractivity contribution in [1.82, 2.24) is 0 Å². The fourth-order valence-electron chi connectivity index (χ4n) is 2.88. The van der Waals surface area contributed by atoms with Crippen LogP contribution in [0.5, 0.6) is 17.2 Å². The van der Waals surface area contributed by atoms with Crippen molar-refractivity contribution in [3.05, 3.63) is 63.9 Å². The Morgan fingerprint density at radius 3 is 2.00 bits per heavy atom. The van der Waals surface area contributed by atoms with Gasteiger partial charge < -0.3 is 14.2 Å². The van der Waals surface area contributed by atoms with Gasteiger partial charge in [-0.05, 0) is 82.4 Å². The molecule has 0 fully saturated rings. The summed E-state index contributed by atoms with van der Waals surface area (Å²) >= 11 is 2.72. The molecule has 0 atom stereocenters. The Bertz CT molecular complexity index is 835. The highest BCUT2D eigenvalue weighted by atomic mass is 79.9. The number of halogens is 5. The van der Waals surface area contributed by atoms with Gasteiger partial charge in [-0.25, -0.2) is 0 Å². The first-order valence-electron chi connectivity index (χ1n) is 9.97. The van der Waals surface area contributed by atoms with Gasteiger partial charge in [-0.3, -0.25) is 0 Å². The molecule has 0 amide bonds. The van der Waals surface area contributed by atoms with Gasteiger partial charge in [0.15, 0.2) is 4.74 Å². The maximum absolute atomic E-state index is 12.8. The zero-order valence-corrected chi connectivity index (χ0v) is 19.0. The van der Waals surface area contributed by atoms with Crippen molar-refractivity contribution in [1.29, 1.82) is 0 Å². The second kappa shape index (κ2) is 12.0. The molecule has 0 spiro atoms. The summed E-state index contributed by atoms with van der Waals surface area (Å²) in [5.41, 5.74) is 1.27. The normalized spacial score (nSPS) is 12.0. The fourth-order valence-corrected chi connectivity index (χ4v) is 3.01. The predicted molar refractivity (Wildman–Crippen MR) is 116 cm³/mol. The van der Waals surface area contributed by atoms with E-state index in [1.807, 2.05) is 26.0 Å². The molecule has 2 aromatic rings. The van der Waals surface area contributed by atoms with E-state index in [0.29, 0.717) is 31.1 Å². The Morgan fingerprint density at radius 1 is 0.903 bits per heavy atom. The summed E-state index contributed by atoms with van der Waals surface area (Å²) in [5.74, 6) is 1.83. The van der Waals surface area contributed by atoms with E-state index < -0.39 is 16.5 Å². The first kappa shape index (κ1) is 25.0. The number of hydrogen-bond donors (Lipinski definition) is 0. The summed E-state index contributed by atoms with van der Waals surface area (Å²) in [5, 5.41) is 0. The number of aryl methyl sites for hydroxylation is 2. The standard InChI is InChI=1S/C23H25BrF4O3/c1-3-16-14-20(30-13-10-21(24)25)15-17(4-2)22(16)31-12-5-11-29-19-8-6-18(7-9-19)23(26,27)28/h6-10,14-15H,3-5,11-13H2,1-2H3. The summed E-state index contributed by atoms with van der Waals surface area (Å²) in [4.78, 5) is 0. The number of alkyl halides is 3. The lowest BCUT2D eigenvalue weighted by molar-refractivity contribution is -0.137. The van der Waals surface area contributed by atoms with E-state index in [1.54, 1.807) is 0 Å². The van der Waals surface area contributed by atoms with E-state index in [2.05, 4.69) is 15.9 Å². The molecule has 31 heavy (non-hydrogen) atoms. The number of benzene rings is 2. The van der Waals surface area contributed by atoms with Crippen molar-refractivity contribution in [3.8, 4) is 17.2 Å². The Labute approximate surface area is 188 Å². The van der Waals surface area contributed by atoms with Crippen LogP contribution in [0.4, 0.5) is 17.6 Å². The van der Waals surface area contributed by atoms with E-state index in [1.165, 1.54) is 18.2 Å². The maximum Gasteiger partial charge on any atom is 0.416 e. The van der Waals surface area contributed by atoms with Crippen LogP contribution < -0.4 is 14.2 Å². The van der Waals surface area contributed by atoms with Gasteiger partial charge >= 0.3 is 6.18 Å². The fraction of sp³-hybridized carbons (Fsp3) is 0.391. The van der Waals surface area contributed by atoms with Crippen LogP contribution in [-0.4, -0.2) is 19.8 Å². The van der Waals surface area contributed by atoms with Crippen LogP contribution >= 0.6 is 15.9 Å². The van der Waals surface area contributed by atoms with Gasteiger partial charge in [0, 0.05) is 6.42 Å². The molecule has 8 heteroatoms. The van der Waals surface area contributed by atoms with Gasteiger partial charge in [0.2, 0.25) is 0 Å². The predicted octanol–water partition coefficient (Wildman–Crippen LogP) is 7.26. The molecule has 0 unspecified atom stereocenters. The van der Waals surface area contributed by atoms with E-state index in [4.69, 9.17) is 14.2 Å². The van der Waals surface area contributed by atoms with Crippen LogP contribution in [0.2, 0.25) is 0 Å². The summed E-state index contributed by atoms with van der Waals surface area (Å²) in [6.07, 6.45) is -1.02. The van der Waals surface area contributed by atoms with Crippen LogP contribution in [-0.2, 0) is 19.0 Å². The molecule has 0 radical (unpaired) electrons. The van der Waals surface area contributed by atoms with Gasteiger partial charge in [0.1, 0.15) is 23.9 Å². The molecular formula is C23H25BrF4O3. The Kier molecular flexibility index (Phi) is 9.68. The lowest BCUT2D eigenvalue weighted by Gasteiger charge is -2.17. The molecule has 0 aliphatic rings. The molecule has 170 valence electrons.